The zero-order valence-electron chi connectivity index (χ0n) is 18.9. The van der Waals surface area contributed by atoms with Crippen molar-refractivity contribution in [2.45, 2.75) is 57.1 Å². The maximum atomic E-state index is 13.8. The van der Waals surface area contributed by atoms with Crippen LogP contribution in [0, 0.1) is 6.92 Å². The van der Waals surface area contributed by atoms with Gasteiger partial charge >= 0.3 is 0 Å². The number of methoxy groups -OCH3 is 1. The fourth-order valence-corrected chi connectivity index (χ4v) is 4.73. The molecule has 1 aromatic carbocycles. The summed E-state index contributed by atoms with van der Waals surface area (Å²) in [6.45, 7) is 3.44. The highest BCUT2D eigenvalue weighted by Gasteiger charge is 2.39. The van der Waals surface area contributed by atoms with Crippen molar-refractivity contribution < 1.29 is 18.6 Å². The van der Waals surface area contributed by atoms with Gasteiger partial charge in [-0.3, -0.25) is 9.36 Å². The molecule has 2 aromatic heterocycles. The smallest absolute Gasteiger partial charge is 0.253 e. The molecular weight excluding hydrogens is 416 g/mol. The van der Waals surface area contributed by atoms with Gasteiger partial charge in [0, 0.05) is 44.7 Å². The van der Waals surface area contributed by atoms with Crippen molar-refractivity contribution in [3.05, 3.63) is 52.2 Å². The molecule has 0 aliphatic heterocycles. The normalized spacial score (nSPS) is 18.7. The number of aliphatic hydroxyl groups is 1. The van der Waals surface area contributed by atoms with Crippen LogP contribution < -0.4 is 5.56 Å². The number of imidazole rings is 1. The second kappa shape index (κ2) is 8.08. The minimum atomic E-state index is -2.64. The fraction of sp³-hybridized carbons (Fsp3) is 0.500. The lowest BCUT2D eigenvalue weighted by Gasteiger charge is -2.32. The van der Waals surface area contributed by atoms with E-state index in [1.165, 1.54) is 7.11 Å². The zero-order chi connectivity index (χ0) is 23.3. The monoisotopic (exact) mass is 445 g/mol. The zero-order valence-corrected chi connectivity index (χ0v) is 18.9. The number of hydrogen-bond acceptors (Lipinski definition) is 4. The molecule has 1 atom stereocenters. The Labute approximate surface area is 185 Å². The molecule has 6 nitrogen and oxygen atoms in total. The number of halogens is 2. The molecule has 1 aliphatic rings. The number of rotatable bonds is 5. The van der Waals surface area contributed by atoms with Crippen molar-refractivity contribution in [2.24, 2.45) is 7.05 Å². The number of alkyl halides is 2. The van der Waals surface area contributed by atoms with Crippen molar-refractivity contribution in [1.82, 2.24) is 14.1 Å². The van der Waals surface area contributed by atoms with Crippen LogP contribution in [0.2, 0.25) is 0 Å². The van der Waals surface area contributed by atoms with Crippen molar-refractivity contribution in [1.29, 1.82) is 0 Å². The second-order valence-electron chi connectivity index (χ2n) is 9.12. The predicted octanol–water partition coefficient (Wildman–Crippen LogP) is 4.31. The highest BCUT2D eigenvalue weighted by atomic mass is 19.3. The molecule has 3 aromatic rings. The van der Waals surface area contributed by atoms with Crippen LogP contribution in [0.25, 0.3) is 22.2 Å². The van der Waals surface area contributed by atoms with Gasteiger partial charge in [0.05, 0.1) is 17.6 Å². The van der Waals surface area contributed by atoms with E-state index in [0.717, 1.165) is 11.1 Å². The lowest BCUT2D eigenvalue weighted by atomic mass is 9.86. The Bertz CT molecular complexity index is 1180. The average molecular weight is 446 g/mol. The Morgan fingerprint density at radius 2 is 1.94 bits per heavy atom. The summed E-state index contributed by atoms with van der Waals surface area (Å²) in [5.41, 5.74) is 2.28. The topological polar surface area (TPSA) is 69.3 Å². The Morgan fingerprint density at radius 3 is 2.56 bits per heavy atom. The molecule has 0 radical (unpaired) electrons. The van der Waals surface area contributed by atoms with Gasteiger partial charge in [-0.15, -0.1) is 0 Å². The minimum Gasteiger partial charge on any atom is -0.380 e. The molecule has 1 saturated carbocycles. The summed E-state index contributed by atoms with van der Waals surface area (Å²) in [5, 5.41) is 11.3. The van der Waals surface area contributed by atoms with E-state index in [0.29, 0.717) is 35.3 Å². The Morgan fingerprint density at radius 1 is 1.25 bits per heavy atom. The van der Waals surface area contributed by atoms with E-state index >= 15 is 0 Å². The number of hydrogen-bond donors (Lipinski definition) is 1. The molecule has 172 valence electrons. The van der Waals surface area contributed by atoms with Gasteiger partial charge < -0.3 is 14.4 Å². The third-order valence-electron chi connectivity index (χ3n) is 6.36. The molecular formula is C24H29F2N3O3. The molecule has 1 N–H and O–H groups in total. The van der Waals surface area contributed by atoms with Crippen LogP contribution in [-0.2, 0) is 17.5 Å². The van der Waals surface area contributed by atoms with E-state index in [1.807, 2.05) is 24.3 Å². The molecule has 0 amide bonds. The molecule has 1 aliphatic carbocycles. The van der Waals surface area contributed by atoms with E-state index < -0.39 is 11.6 Å². The van der Waals surface area contributed by atoms with Gasteiger partial charge in [-0.1, -0.05) is 6.07 Å². The molecule has 0 spiro atoms. The van der Waals surface area contributed by atoms with Crippen LogP contribution >= 0.6 is 0 Å². The number of ether oxygens (including phenoxy) is 1. The third-order valence-corrected chi connectivity index (χ3v) is 6.36. The molecule has 8 heteroatoms. The Hall–Kier alpha value is -2.58. The SMILES string of the molecule is COCC(C)(O)n1c(C2CCC(F)(F)CC2)nc2ccc(-c3cc(C)c(=O)n(C)c3)cc21. The predicted molar refractivity (Wildman–Crippen MR) is 119 cm³/mol. The van der Waals surface area contributed by atoms with Crippen LogP contribution in [0.15, 0.2) is 35.3 Å². The second-order valence-corrected chi connectivity index (χ2v) is 9.12. The van der Waals surface area contributed by atoms with Crippen molar-refractivity contribution in [3.8, 4) is 11.1 Å². The van der Waals surface area contributed by atoms with Crippen LogP contribution in [0.3, 0.4) is 0 Å². The molecule has 1 unspecified atom stereocenters. The maximum Gasteiger partial charge on any atom is 0.253 e. The maximum absolute atomic E-state index is 13.8. The van der Waals surface area contributed by atoms with Crippen LogP contribution in [0.4, 0.5) is 8.78 Å². The quantitative estimate of drug-likeness (QED) is 0.635. The Kier molecular flexibility index (Phi) is 5.71. The van der Waals surface area contributed by atoms with Gasteiger partial charge in [0.15, 0.2) is 5.72 Å². The molecule has 1 fully saturated rings. The summed E-state index contributed by atoms with van der Waals surface area (Å²) in [4.78, 5) is 16.9. The van der Waals surface area contributed by atoms with Gasteiger partial charge in [0.1, 0.15) is 5.82 Å². The first kappa shape index (κ1) is 22.6. The first-order chi connectivity index (χ1) is 15.0. The van der Waals surface area contributed by atoms with Gasteiger partial charge in [-0.2, -0.15) is 0 Å². The average Bonchev–Trinajstić information content (AvgIpc) is 3.11. The van der Waals surface area contributed by atoms with Gasteiger partial charge in [0.2, 0.25) is 5.92 Å². The van der Waals surface area contributed by atoms with Gasteiger partial charge in [-0.05, 0) is 56.0 Å². The molecule has 0 bridgehead atoms. The van der Waals surface area contributed by atoms with Crippen LogP contribution in [0.5, 0.6) is 0 Å². The molecule has 2 heterocycles. The number of fused-ring (bicyclic) bond motifs is 1. The lowest BCUT2D eigenvalue weighted by molar-refractivity contribution is -0.0793. The van der Waals surface area contributed by atoms with E-state index in [2.05, 4.69) is 0 Å². The third kappa shape index (κ3) is 4.09. The first-order valence-electron chi connectivity index (χ1n) is 10.8. The Balaban J connectivity index is 1.87. The van der Waals surface area contributed by atoms with Crippen LogP contribution in [-0.4, -0.2) is 38.9 Å². The fourth-order valence-electron chi connectivity index (χ4n) is 4.73. The number of nitrogens with zero attached hydrogens (tertiary/aromatic N) is 3. The van der Waals surface area contributed by atoms with E-state index in [4.69, 9.17) is 9.72 Å². The van der Waals surface area contributed by atoms with E-state index in [9.17, 15) is 18.7 Å². The highest BCUT2D eigenvalue weighted by molar-refractivity contribution is 5.83. The summed E-state index contributed by atoms with van der Waals surface area (Å²) in [5.74, 6) is -2.21. The summed E-state index contributed by atoms with van der Waals surface area (Å²) < 4.78 is 36.1. The van der Waals surface area contributed by atoms with E-state index in [-0.39, 0.29) is 30.9 Å². The minimum absolute atomic E-state index is 0.0253. The number of aromatic nitrogens is 3. The molecule has 0 saturated heterocycles. The number of pyridine rings is 1. The van der Waals surface area contributed by atoms with Gasteiger partial charge in [-0.25, -0.2) is 13.8 Å². The largest absolute Gasteiger partial charge is 0.380 e. The summed E-state index contributed by atoms with van der Waals surface area (Å²) in [6, 6.07) is 7.54. The lowest BCUT2D eigenvalue weighted by Crippen LogP contribution is -2.37. The van der Waals surface area contributed by atoms with Crippen LogP contribution in [0.1, 0.15) is 49.9 Å². The number of benzene rings is 1. The van der Waals surface area contributed by atoms with Gasteiger partial charge in [0.25, 0.3) is 5.56 Å². The van der Waals surface area contributed by atoms with Crippen molar-refractivity contribution in [2.75, 3.05) is 13.7 Å². The first-order valence-corrected chi connectivity index (χ1v) is 10.8. The summed E-state index contributed by atoms with van der Waals surface area (Å²) in [7, 11) is 3.22. The van der Waals surface area contributed by atoms with E-state index in [1.54, 1.807) is 36.2 Å². The summed E-state index contributed by atoms with van der Waals surface area (Å²) >= 11 is 0. The summed E-state index contributed by atoms with van der Waals surface area (Å²) in [6.07, 6.45) is 2.03. The molecule has 4 rings (SSSR count). The van der Waals surface area contributed by atoms with Crippen molar-refractivity contribution >= 4 is 11.0 Å². The highest BCUT2D eigenvalue weighted by Crippen LogP contribution is 2.42. The standard InChI is InChI=1S/C24H29F2N3O3/c1-15-11-18(13-28(3)22(15)30)17-5-6-19-20(12-17)29(23(2,31)14-32-4)21(27-19)16-7-9-24(25,26)10-8-16/h5-6,11-13,16,31H,7-10,14H2,1-4H3. The molecule has 32 heavy (non-hydrogen) atoms. The number of aryl methyl sites for hydroxylation is 2. The van der Waals surface area contributed by atoms with Crippen molar-refractivity contribution in [3.63, 3.8) is 0 Å².